The molecule has 1 fully saturated rings. The Kier molecular flexibility index (Phi) is 6.52. The highest BCUT2D eigenvalue weighted by atomic mass is 19.1. The lowest BCUT2D eigenvalue weighted by Crippen LogP contribution is -2.42. The van der Waals surface area contributed by atoms with Crippen molar-refractivity contribution in [1.29, 1.82) is 0 Å². The van der Waals surface area contributed by atoms with E-state index in [1.165, 1.54) is 18.2 Å². The number of halogens is 1. The molecule has 136 valence electrons. The lowest BCUT2D eigenvalue weighted by atomic mass is 10.1. The predicted octanol–water partition coefficient (Wildman–Crippen LogP) is 3.03. The summed E-state index contributed by atoms with van der Waals surface area (Å²) in [5, 5.41) is 3.04. The maximum absolute atomic E-state index is 13.7. The van der Waals surface area contributed by atoms with Crippen molar-refractivity contribution in [3.05, 3.63) is 77.6 Å². The highest BCUT2D eigenvalue weighted by Crippen LogP contribution is 2.15. The van der Waals surface area contributed by atoms with Crippen molar-refractivity contribution in [2.75, 3.05) is 32.8 Å². The second-order valence-electron chi connectivity index (χ2n) is 6.24. The number of carbonyl (C=O) groups excluding carboxylic acids is 1. The Morgan fingerprint density at radius 1 is 1.12 bits per heavy atom. The molecule has 1 heterocycles. The molecule has 0 unspecified atom stereocenters. The Bertz CT molecular complexity index is 743. The Hall–Kier alpha value is -2.50. The molecular weight excluding hydrogens is 331 g/mol. The average Bonchev–Trinajstić information content (AvgIpc) is 2.68. The average molecular weight is 354 g/mol. The highest BCUT2D eigenvalue weighted by Gasteiger charge is 2.19. The van der Waals surface area contributed by atoms with Gasteiger partial charge in [-0.2, -0.15) is 0 Å². The highest BCUT2D eigenvalue weighted by molar-refractivity contribution is 5.92. The van der Waals surface area contributed by atoms with Crippen LogP contribution in [0.15, 0.2) is 60.7 Å². The van der Waals surface area contributed by atoms with Gasteiger partial charge >= 0.3 is 0 Å². The fourth-order valence-corrected chi connectivity index (χ4v) is 2.96. The van der Waals surface area contributed by atoms with Crippen molar-refractivity contribution >= 4 is 12.0 Å². The van der Waals surface area contributed by atoms with Crippen LogP contribution in [0.1, 0.15) is 17.2 Å². The maximum Gasteiger partial charge on any atom is 0.244 e. The van der Waals surface area contributed by atoms with Crippen molar-refractivity contribution in [3.8, 4) is 0 Å². The van der Waals surface area contributed by atoms with Crippen molar-refractivity contribution in [3.63, 3.8) is 0 Å². The first kappa shape index (κ1) is 18.3. The van der Waals surface area contributed by atoms with Crippen LogP contribution >= 0.6 is 0 Å². The van der Waals surface area contributed by atoms with Crippen LogP contribution < -0.4 is 5.32 Å². The summed E-state index contributed by atoms with van der Waals surface area (Å²) < 4.78 is 19.1. The van der Waals surface area contributed by atoms with E-state index in [2.05, 4.69) is 10.2 Å². The molecule has 1 aliphatic heterocycles. The predicted molar refractivity (Wildman–Crippen MR) is 100 cm³/mol. The molecule has 2 aromatic rings. The number of benzene rings is 2. The van der Waals surface area contributed by atoms with Gasteiger partial charge in [0.25, 0.3) is 0 Å². The van der Waals surface area contributed by atoms with Crippen molar-refractivity contribution < 1.29 is 13.9 Å². The topological polar surface area (TPSA) is 41.6 Å². The van der Waals surface area contributed by atoms with Crippen molar-refractivity contribution in [2.45, 2.75) is 6.04 Å². The van der Waals surface area contributed by atoms with E-state index in [1.807, 2.05) is 30.3 Å². The van der Waals surface area contributed by atoms with Crippen molar-refractivity contribution in [2.24, 2.45) is 0 Å². The van der Waals surface area contributed by atoms with Gasteiger partial charge < -0.3 is 10.1 Å². The molecular formula is C21H23FN2O2. The van der Waals surface area contributed by atoms with Crippen LogP contribution in [0.2, 0.25) is 0 Å². The van der Waals surface area contributed by atoms with E-state index < -0.39 is 0 Å². The van der Waals surface area contributed by atoms with E-state index in [-0.39, 0.29) is 17.8 Å². The second kappa shape index (κ2) is 9.27. The second-order valence-corrected chi connectivity index (χ2v) is 6.24. The molecule has 2 aromatic carbocycles. The monoisotopic (exact) mass is 354 g/mol. The summed E-state index contributed by atoms with van der Waals surface area (Å²) in [6.45, 7) is 3.84. The summed E-state index contributed by atoms with van der Waals surface area (Å²) in [5.74, 6) is -0.583. The maximum atomic E-state index is 13.7. The number of ether oxygens (including phenoxy) is 1. The lowest BCUT2D eigenvalue weighted by molar-refractivity contribution is -0.117. The van der Waals surface area contributed by atoms with Gasteiger partial charge in [0.15, 0.2) is 0 Å². The Balaban J connectivity index is 1.68. The van der Waals surface area contributed by atoms with Gasteiger partial charge in [0.2, 0.25) is 5.91 Å². The van der Waals surface area contributed by atoms with Crippen LogP contribution in [0.5, 0.6) is 0 Å². The first-order valence-electron chi connectivity index (χ1n) is 8.80. The molecule has 1 saturated heterocycles. The third kappa shape index (κ3) is 5.25. The molecule has 0 radical (unpaired) electrons. The van der Waals surface area contributed by atoms with Gasteiger partial charge in [-0.15, -0.1) is 0 Å². The van der Waals surface area contributed by atoms with E-state index in [0.717, 1.165) is 18.7 Å². The number of hydrogen-bond donors (Lipinski definition) is 1. The molecule has 3 rings (SSSR count). The molecule has 0 bridgehead atoms. The standard InChI is InChI=1S/C21H23FN2O2/c22-19-9-5-4-6-17(19)10-11-21(25)23-20(18-7-2-1-3-8-18)16-24-12-14-26-15-13-24/h1-11,20H,12-16H2,(H,23,25)/b11-10+/t20-/m0/s1. The Morgan fingerprint density at radius 2 is 1.81 bits per heavy atom. The molecule has 1 atom stereocenters. The molecule has 26 heavy (non-hydrogen) atoms. The van der Waals surface area contributed by atoms with Crippen molar-refractivity contribution in [1.82, 2.24) is 10.2 Å². The van der Waals surface area contributed by atoms with Crippen LogP contribution in [-0.4, -0.2) is 43.7 Å². The number of nitrogens with one attached hydrogen (secondary N) is 1. The normalized spacial score (nSPS) is 16.5. The molecule has 1 amide bonds. The van der Waals surface area contributed by atoms with Gasteiger partial charge in [-0.05, 0) is 17.7 Å². The minimum absolute atomic E-state index is 0.132. The number of rotatable bonds is 6. The lowest BCUT2D eigenvalue weighted by Gasteiger charge is -2.31. The van der Waals surface area contributed by atoms with E-state index in [0.29, 0.717) is 25.3 Å². The summed E-state index contributed by atoms with van der Waals surface area (Å²) in [6, 6.07) is 16.1. The van der Waals surface area contributed by atoms with Gasteiger partial charge in [-0.3, -0.25) is 9.69 Å². The number of morpholine rings is 1. The molecule has 1 N–H and O–H groups in total. The first-order chi connectivity index (χ1) is 12.7. The van der Waals surface area contributed by atoms with Crippen LogP contribution in [0.25, 0.3) is 6.08 Å². The van der Waals surface area contributed by atoms with Crippen LogP contribution in [0.4, 0.5) is 4.39 Å². The van der Waals surface area contributed by atoms with Gasteiger partial charge in [0, 0.05) is 31.3 Å². The summed E-state index contributed by atoms with van der Waals surface area (Å²) in [4.78, 5) is 14.7. The quantitative estimate of drug-likeness (QED) is 0.811. The van der Waals surface area contributed by atoms with E-state index in [9.17, 15) is 9.18 Å². The molecule has 0 spiro atoms. The largest absolute Gasteiger partial charge is 0.379 e. The number of amides is 1. The van der Waals surface area contributed by atoms with Gasteiger partial charge in [-0.25, -0.2) is 4.39 Å². The fourth-order valence-electron chi connectivity index (χ4n) is 2.96. The molecule has 0 saturated carbocycles. The number of carbonyl (C=O) groups is 1. The minimum Gasteiger partial charge on any atom is -0.379 e. The van der Waals surface area contributed by atoms with E-state index in [4.69, 9.17) is 4.74 Å². The van der Waals surface area contributed by atoms with Crippen LogP contribution in [0, 0.1) is 5.82 Å². The summed E-state index contributed by atoms with van der Waals surface area (Å²) in [5.41, 5.74) is 1.44. The SMILES string of the molecule is O=C(/C=C/c1ccccc1F)N[C@@H](CN1CCOCC1)c1ccccc1. The Labute approximate surface area is 153 Å². The summed E-state index contributed by atoms with van der Waals surface area (Å²) >= 11 is 0. The molecule has 1 aliphatic rings. The fraction of sp³-hybridized carbons (Fsp3) is 0.286. The summed E-state index contributed by atoms with van der Waals surface area (Å²) in [6.07, 6.45) is 2.88. The van der Waals surface area contributed by atoms with Gasteiger partial charge in [0.05, 0.1) is 19.3 Å². The van der Waals surface area contributed by atoms with Crippen LogP contribution in [-0.2, 0) is 9.53 Å². The third-order valence-corrected chi connectivity index (χ3v) is 4.38. The smallest absolute Gasteiger partial charge is 0.244 e. The first-order valence-corrected chi connectivity index (χ1v) is 8.80. The molecule has 4 nitrogen and oxygen atoms in total. The zero-order valence-corrected chi connectivity index (χ0v) is 14.6. The van der Waals surface area contributed by atoms with Gasteiger partial charge in [0.1, 0.15) is 5.82 Å². The van der Waals surface area contributed by atoms with Gasteiger partial charge in [-0.1, -0.05) is 48.5 Å². The zero-order valence-electron chi connectivity index (χ0n) is 14.6. The summed E-state index contributed by atoms with van der Waals surface area (Å²) in [7, 11) is 0. The number of hydrogen-bond acceptors (Lipinski definition) is 3. The van der Waals surface area contributed by atoms with E-state index >= 15 is 0 Å². The minimum atomic E-state index is -0.343. The Morgan fingerprint density at radius 3 is 2.54 bits per heavy atom. The molecule has 0 aromatic heterocycles. The number of nitrogens with zero attached hydrogens (tertiary/aromatic N) is 1. The molecule has 5 heteroatoms. The third-order valence-electron chi connectivity index (χ3n) is 4.38. The van der Waals surface area contributed by atoms with E-state index in [1.54, 1.807) is 18.2 Å². The molecule has 0 aliphatic carbocycles. The zero-order chi connectivity index (χ0) is 18.2. The van der Waals surface area contributed by atoms with Crippen LogP contribution in [0.3, 0.4) is 0 Å².